The van der Waals surface area contributed by atoms with Crippen LogP contribution in [0.2, 0.25) is 10.0 Å². The molecule has 4 rings (SSSR count). The van der Waals surface area contributed by atoms with Crippen molar-refractivity contribution in [2.75, 3.05) is 16.4 Å². The molecule has 0 aliphatic carbocycles. The highest BCUT2D eigenvalue weighted by molar-refractivity contribution is 8.01. The van der Waals surface area contributed by atoms with Gasteiger partial charge in [-0.05, 0) is 48.5 Å². The van der Waals surface area contributed by atoms with E-state index in [0.717, 1.165) is 22.5 Å². The maximum Gasteiger partial charge on any atom is 0.418 e. The van der Waals surface area contributed by atoms with Crippen LogP contribution < -0.4 is 10.6 Å². The van der Waals surface area contributed by atoms with Crippen molar-refractivity contribution in [2.45, 2.75) is 10.5 Å². The van der Waals surface area contributed by atoms with Crippen LogP contribution in [0.15, 0.2) is 65.0 Å². The van der Waals surface area contributed by atoms with Gasteiger partial charge in [-0.15, -0.1) is 11.3 Å². The van der Waals surface area contributed by atoms with Crippen molar-refractivity contribution in [3.8, 4) is 0 Å². The third-order valence-electron chi connectivity index (χ3n) is 4.64. The van der Waals surface area contributed by atoms with Gasteiger partial charge in [0.15, 0.2) is 4.34 Å². The molecule has 1 heterocycles. The van der Waals surface area contributed by atoms with Gasteiger partial charge in [0.05, 0.1) is 37.3 Å². The quantitative estimate of drug-likeness (QED) is 0.240. The van der Waals surface area contributed by atoms with Gasteiger partial charge in [-0.2, -0.15) is 13.2 Å². The summed E-state index contributed by atoms with van der Waals surface area (Å²) < 4.78 is 40.7. The number of anilines is 2. The first-order valence-corrected chi connectivity index (χ1v) is 12.4. The van der Waals surface area contributed by atoms with E-state index in [0.29, 0.717) is 26.1 Å². The average molecular weight is 556 g/mol. The zero-order valence-corrected chi connectivity index (χ0v) is 20.6. The first-order valence-electron chi connectivity index (χ1n) is 9.86. The highest BCUT2D eigenvalue weighted by atomic mass is 35.5. The molecule has 35 heavy (non-hydrogen) atoms. The molecule has 12 heteroatoms. The fraction of sp³-hybridized carbons (Fsp3) is 0.0870. The van der Waals surface area contributed by atoms with E-state index in [-0.39, 0.29) is 22.4 Å². The van der Waals surface area contributed by atoms with Crippen LogP contribution in [0.1, 0.15) is 15.9 Å². The molecule has 0 radical (unpaired) electrons. The molecule has 4 aromatic rings. The average Bonchev–Trinajstić information content (AvgIpc) is 3.21. The molecule has 0 aliphatic rings. The first-order chi connectivity index (χ1) is 16.6. The fourth-order valence-corrected chi connectivity index (χ4v) is 5.24. The number of alkyl halides is 3. The van der Waals surface area contributed by atoms with E-state index in [1.807, 2.05) is 0 Å². The Morgan fingerprint density at radius 2 is 1.74 bits per heavy atom. The second kappa shape index (κ2) is 10.4. The summed E-state index contributed by atoms with van der Waals surface area (Å²) in [5.74, 6) is -1.06. The smallest absolute Gasteiger partial charge is 0.325 e. The predicted molar refractivity (Wildman–Crippen MR) is 135 cm³/mol. The molecule has 1 aromatic heterocycles. The number of nitrogens with one attached hydrogen (secondary N) is 2. The Morgan fingerprint density at radius 1 is 0.971 bits per heavy atom. The van der Waals surface area contributed by atoms with Gasteiger partial charge in [-0.3, -0.25) is 9.59 Å². The Hall–Kier alpha value is -2.79. The van der Waals surface area contributed by atoms with Gasteiger partial charge in [-0.25, -0.2) is 4.98 Å². The molecule has 5 nitrogen and oxygen atoms in total. The number of aromatic nitrogens is 1. The van der Waals surface area contributed by atoms with E-state index in [1.165, 1.54) is 41.7 Å². The zero-order valence-electron chi connectivity index (χ0n) is 17.5. The monoisotopic (exact) mass is 555 g/mol. The lowest BCUT2D eigenvalue weighted by Gasteiger charge is -2.13. The second-order valence-corrected chi connectivity index (χ2v) is 10.2. The van der Waals surface area contributed by atoms with Gasteiger partial charge in [0.25, 0.3) is 5.91 Å². The number of halogens is 5. The van der Waals surface area contributed by atoms with Gasteiger partial charge < -0.3 is 10.6 Å². The maximum atomic E-state index is 13.1. The predicted octanol–water partition coefficient (Wildman–Crippen LogP) is 7.61. The summed E-state index contributed by atoms with van der Waals surface area (Å²) >= 11 is 14.3. The second-order valence-electron chi connectivity index (χ2n) is 7.13. The molecule has 0 spiro atoms. The molecule has 2 amide bonds. The Kier molecular flexibility index (Phi) is 7.56. The minimum Gasteiger partial charge on any atom is -0.325 e. The molecule has 2 N–H and O–H groups in total. The number of para-hydroxylation sites is 1. The summed E-state index contributed by atoms with van der Waals surface area (Å²) in [5.41, 5.74) is 0.340. The number of hydrogen-bond acceptors (Lipinski definition) is 5. The molecule has 180 valence electrons. The number of thiazole rings is 1. The molecule has 0 fully saturated rings. The number of benzene rings is 3. The van der Waals surface area contributed by atoms with Crippen molar-refractivity contribution in [1.29, 1.82) is 0 Å². The van der Waals surface area contributed by atoms with Crippen LogP contribution in [0.3, 0.4) is 0 Å². The van der Waals surface area contributed by atoms with E-state index >= 15 is 0 Å². The van der Waals surface area contributed by atoms with Crippen LogP contribution in [0.25, 0.3) is 10.2 Å². The van der Waals surface area contributed by atoms with Crippen LogP contribution in [0, 0.1) is 0 Å². The van der Waals surface area contributed by atoms with Gasteiger partial charge in [-0.1, -0.05) is 47.1 Å². The number of amides is 2. The van der Waals surface area contributed by atoms with Gasteiger partial charge in [0, 0.05) is 11.3 Å². The van der Waals surface area contributed by atoms with E-state index in [2.05, 4.69) is 15.6 Å². The Bertz CT molecular complexity index is 1430. The summed E-state index contributed by atoms with van der Waals surface area (Å²) in [6.45, 7) is 0. The normalized spacial score (nSPS) is 11.5. The Balaban J connectivity index is 1.40. The van der Waals surface area contributed by atoms with Crippen molar-refractivity contribution in [1.82, 2.24) is 4.98 Å². The van der Waals surface area contributed by atoms with E-state index in [9.17, 15) is 22.8 Å². The maximum absolute atomic E-state index is 13.1. The number of rotatable bonds is 6. The van der Waals surface area contributed by atoms with E-state index in [1.54, 1.807) is 24.3 Å². The SMILES string of the molecule is O=C(CSc1nc2ccc(NC(=O)c3ccc(Cl)c(Cl)c3)cc2s1)Nc1ccccc1C(F)(F)F. The Morgan fingerprint density at radius 3 is 2.49 bits per heavy atom. The molecular weight excluding hydrogens is 542 g/mol. The third-order valence-corrected chi connectivity index (χ3v) is 7.54. The first kappa shape index (κ1) is 25.3. The minimum atomic E-state index is -4.57. The van der Waals surface area contributed by atoms with Crippen LogP contribution in [0.5, 0.6) is 0 Å². The van der Waals surface area contributed by atoms with Crippen LogP contribution >= 0.6 is 46.3 Å². The molecule has 3 aromatic carbocycles. The molecule has 0 atom stereocenters. The minimum absolute atomic E-state index is 0.118. The van der Waals surface area contributed by atoms with Crippen LogP contribution in [0.4, 0.5) is 24.5 Å². The van der Waals surface area contributed by atoms with Gasteiger partial charge in [0.1, 0.15) is 0 Å². The number of nitrogens with zero attached hydrogens (tertiary/aromatic N) is 1. The van der Waals surface area contributed by atoms with Crippen molar-refractivity contribution >= 4 is 79.7 Å². The lowest BCUT2D eigenvalue weighted by Crippen LogP contribution is -2.18. The largest absolute Gasteiger partial charge is 0.418 e. The third kappa shape index (κ3) is 6.26. The number of carbonyl (C=O) groups is 2. The molecule has 0 bridgehead atoms. The zero-order chi connectivity index (χ0) is 25.2. The summed E-state index contributed by atoms with van der Waals surface area (Å²) in [5, 5.41) is 5.70. The van der Waals surface area contributed by atoms with Gasteiger partial charge >= 0.3 is 6.18 Å². The molecule has 0 aliphatic heterocycles. The summed E-state index contributed by atoms with van der Waals surface area (Å²) in [7, 11) is 0. The highest BCUT2D eigenvalue weighted by Gasteiger charge is 2.33. The number of fused-ring (bicyclic) bond motifs is 1. The summed E-state index contributed by atoms with van der Waals surface area (Å²) in [6, 6.07) is 14.5. The standard InChI is InChI=1S/C23H14Cl2F3N3O2S2/c24-15-7-5-12(9-16(15)25)21(33)29-13-6-8-18-19(10-13)35-22(31-18)34-11-20(32)30-17-4-2-1-3-14(17)23(26,27)28/h1-10H,11H2,(H,29,33)(H,30,32). The van der Waals surface area contributed by atoms with Gasteiger partial charge in [0.2, 0.25) is 5.91 Å². The van der Waals surface area contributed by atoms with Crippen LogP contribution in [-0.4, -0.2) is 22.6 Å². The summed E-state index contributed by atoms with van der Waals surface area (Å²) in [4.78, 5) is 29.2. The molecular formula is C23H14Cl2F3N3O2S2. The highest BCUT2D eigenvalue weighted by Crippen LogP contribution is 2.35. The van der Waals surface area contributed by atoms with E-state index < -0.39 is 17.6 Å². The lowest BCUT2D eigenvalue weighted by atomic mass is 10.1. The topological polar surface area (TPSA) is 71.1 Å². The number of carbonyl (C=O) groups excluding carboxylic acids is 2. The molecule has 0 saturated heterocycles. The number of thioether (sulfide) groups is 1. The van der Waals surface area contributed by atoms with Crippen LogP contribution in [-0.2, 0) is 11.0 Å². The summed E-state index contributed by atoms with van der Waals surface area (Å²) in [6.07, 6.45) is -4.57. The lowest BCUT2D eigenvalue weighted by molar-refractivity contribution is -0.137. The van der Waals surface area contributed by atoms with Crippen molar-refractivity contribution in [3.63, 3.8) is 0 Å². The fourth-order valence-electron chi connectivity index (χ4n) is 3.04. The Labute approximate surface area is 215 Å². The van der Waals surface area contributed by atoms with E-state index in [4.69, 9.17) is 23.2 Å². The molecule has 0 unspecified atom stereocenters. The van der Waals surface area contributed by atoms with Crippen molar-refractivity contribution in [3.05, 3.63) is 81.8 Å². The van der Waals surface area contributed by atoms with Crippen molar-refractivity contribution in [2.24, 2.45) is 0 Å². The number of hydrogen-bond donors (Lipinski definition) is 2. The molecule has 0 saturated carbocycles. The van der Waals surface area contributed by atoms with Crippen molar-refractivity contribution < 1.29 is 22.8 Å².